The van der Waals surface area contributed by atoms with Gasteiger partial charge in [0.2, 0.25) is 0 Å². The molecule has 0 saturated carbocycles. The Bertz CT molecular complexity index is 445. The highest BCUT2D eigenvalue weighted by Crippen LogP contribution is 1.97. The molecule has 72 valence electrons. The molecule has 0 radical (unpaired) electrons. The summed E-state index contributed by atoms with van der Waals surface area (Å²) in [4.78, 5) is 4.23. The third kappa shape index (κ3) is 2.05. The van der Waals surface area contributed by atoms with Crippen molar-refractivity contribution in [2.24, 2.45) is 0 Å². The Morgan fingerprint density at radius 2 is 2.36 bits per heavy atom. The van der Waals surface area contributed by atoms with Crippen molar-refractivity contribution in [3.63, 3.8) is 0 Å². The standard InChI is InChI=1S/C9H10N4S/c14-9-12-11-7-13(9)6-4-8-3-1-2-5-10-8/h1-3,5,7H,4,6H2,(H,12,14). The molecule has 0 aliphatic heterocycles. The Balaban J connectivity index is 2.02. The summed E-state index contributed by atoms with van der Waals surface area (Å²) in [5.74, 6) is 0. The van der Waals surface area contributed by atoms with E-state index in [-0.39, 0.29) is 0 Å². The fourth-order valence-corrected chi connectivity index (χ4v) is 1.40. The van der Waals surface area contributed by atoms with Crippen LogP contribution in [0.15, 0.2) is 30.7 Å². The van der Waals surface area contributed by atoms with E-state index in [1.54, 1.807) is 12.5 Å². The minimum absolute atomic E-state index is 0.654. The molecule has 2 aromatic heterocycles. The van der Waals surface area contributed by atoms with Crippen LogP contribution >= 0.6 is 12.2 Å². The monoisotopic (exact) mass is 206 g/mol. The first kappa shape index (κ1) is 9.08. The highest BCUT2D eigenvalue weighted by atomic mass is 32.1. The number of aromatic amines is 1. The number of H-pyrrole nitrogens is 1. The van der Waals surface area contributed by atoms with E-state index in [2.05, 4.69) is 15.2 Å². The van der Waals surface area contributed by atoms with Crippen LogP contribution in [0, 0.1) is 4.77 Å². The van der Waals surface area contributed by atoms with Gasteiger partial charge in [0.1, 0.15) is 6.33 Å². The molecule has 0 aromatic carbocycles. The average Bonchev–Trinajstić information content (AvgIpc) is 2.63. The molecule has 0 aliphatic carbocycles. The van der Waals surface area contributed by atoms with E-state index < -0.39 is 0 Å². The first-order valence-corrected chi connectivity index (χ1v) is 4.77. The molecule has 2 heterocycles. The lowest BCUT2D eigenvalue weighted by atomic mass is 10.3. The van der Waals surface area contributed by atoms with Gasteiger partial charge >= 0.3 is 0 Å². The Hall–Kier alpha value is -1.49. The first-order chi connectivity index (χ1) is 6.86. The van der Waals surface area contributed by atoms with Gasteiger partial charge in [-0.1, -0.05) is 6.07 Å². The largest absolute Gasteiger partial charge is 0.306 e. The number of rotatable bonds is 3. The maximum Gasteiger partial charge on any atom is 0.194 e. The van der Waals surface area contributed by atoms with Crippen molar-refractivity contribution in [1.29, 1.82) is 0 Å². The molecule has 0 aliphatic rings. The van der Waals surface area contributed by atoms with E-state index in [1.807, 2.05) is 22.8 Å². The summed E-state index contributed by atoms with van der Waals surface area (Å²) < 4.78 is 2.55. The van der Waals surface area contributed by atoms with Crippen molar-refractivity contribution in [2.45, 2.75) is 13.0 Å². The quantitative estimate of drug-likeness (QED) is 0.775. The molecule has 1 N–H and O–H groups in total. The van der Waals surface area contributed by atoms with E-state index >= 15 is 0 Å². The van der Waals surface area contributed by atoms with Gasteiger partial charge in [0.05, 0.1) is 0 Å². The summed E-state index contributed by atoms with van der Waals surface area (Å²) in [6.07, 6.45) is 4.37. The minimum atomic E-state index is 0.654. The Kier molecular flexibility index (Phi) is 2.69. The normalized spacial score (nSPS) is 10.3. The zero-order chi connectivity index (χ0) is 9.80. The molecule has 14 heavy (non-hydrogen) atoms. The predicted molar refractivity (Wildman–Crippen MR) is 55.4 cm³/mol. The van der Waals surface area contributed by atoms with Crippen LogP contribution in [-0.2, 0) is 13.0 Å². The molecular weight excluding hydrogens is 196 g/mol. The first-order valence-electron chi connectivity index (χ1n) is 4.36. The van der Waals surface area contributed by atoms with Crippen molar-refractivity contribution in [3.05, 3.63) is 41.2 Å². The fourth-order valence-electron chi connectivity index (χ4n) is 1.21. The van der Waals surface area contributed by atoms with E-state index in [9.17, 15) is 0 Å². The summed E-state index contributed by atoms with van der Waals surface area (Å²) in [5, 5.41) is 6.56. The van der Waals surface area contributed by atoms with Crippen LogP contribution in [0.4, 0.5) is 0 Å². The van der Waals surface area contributed by atoms with Crippen molar-refractivity contribution >= 4 is 12.2 Å². The molecule has 0 atom stereocenters. The third-order valence-electron chi connectivity index (χ3n) is 1.95. The number of hydrogen-bond acceptors (Lipinski definition) is 3. The fraction of sp³-hybridized carbons (Fsp3) is 0.222. The lowest BCUT2D eigenvalue weighted by molar-refractivity contribution is 0.675. The summed E-state index contributed by atoms with van der Waals surface area (Å²) in [5.41, 5.74) is 1.07. The van der Waals surface area contributed by atoms with Gasteiger partial charge in [-0.25, -0.2) is 0 Å². The van der Waals surface area contributed by atoms with Crippen LogP contribution in [0.5, 0.6) is 0 Å². The number of aromatic nitrogens is 4. The maximum atomic E-state index is 5.03. The van der Waals surface area contributed by atoms with Gasteiger partial charge in [0, 0.05) is 24.9 Å². The Morgan fingerprint density at radius 3 is 3.00 bits per heavy atom. The summed E-state index contributed by atoms with van der Waals surface area (Å²) in [6.45, 7) is 0.812. The number of nitrogens with zero attached hydrogens (tertiary/aromatic N) is 3. The van der Waals surface area contributed by atoms with Gasteiger partial charge in [-0.05, 0) is 24.4 Å². The second-order valence-electron chi connectivity index (χ2n) is 2.93. The minimum Gasteiger partial charge on any atom is -0.306 e. The van der Waals surface area contributed by atoms with E-state index in [4.69, 9.17) is 12.2 Å². The van der Waals surface area contributed by atoms with Gasteiger partial charge in [0.15, 0.2) is 4.77 Å². The van der Waals surface area contributed by atoms with Crippen LogP contribution < -0.4 is 0 Å². The highest BCUT2D eigenvalue weighted by Gasteiger charge is 1.96. The zero-order valence-electron chi connectivity index (χ0n) is 7.55. The van der Waals surface area contributed by atoms with Gasteiger partial charge in [-0.15, -0.1) is 0 Å². The molecule has 0 bridgehead atoms. The van der Waals surface area contributed by atoms with Crippen LogP contribution in [0.3, 0.4) is 0 Å². The molecule has 0 unspecified atom stereocenters. The Morgan fingerprint density at radius 1 is 1.43 bits per heavy atom. The summed E-state index contributed by atoms with van der Waals surface area (Å²) in [7, 11) is 0. The van der Waals surface area contributed by atoms with Gasteiger partial charge in [-0.2, -0.15) is 5.10 Å². The summed E-state index contributed by atoms with van der Waals surface area (Å²) in [6, 6.07) is 5.90. The van der Waals surface area contributed by atoms with Crippen LogP contribution in [0.25, 0.3) is 0 Å². The van der Waals surface area contributed by atoms with Crippen molar-refractivity contribution in [1.82, 2.24) is 19.7 Å². The molecule has 4 nitrogen and oxygen atoms in total. The number of aryl methyl sites for hydroxylation is 2. The lowest BCUT2D eigenvalue weighted by Gasteiger charge is -2.00. The molecular formula is C9H10N4S. The zero-order valence-corrected chi connectivity index (χ0v) is 8.37. The SMILES string of the molecule is S=c1[nH]ncn1CCc1ccccn1. The highest BCUT2D eigenvalue weighted by molar-refractivity contribution is 7.71. The average molecular weight is 206 g/mol. The number of nitrogens with one attached hydrogen (secondary N) is 1. The van der Waals surface area contributed by atoms with Crippen LogP contribution in [0.2, 0.25) is 0 Å². The smallest absolute Gasteiger partial charge is 0.194 e. The second kappa shape index (κ2) is 4.15. The van der Waals surface area contributed by atoms with Crippen LogP contribution in [-0.4, -0.2) is 19.7 Å². The number of pyridine rings is 1. The van der Waals surface area contributed by atoms with Gasteiger partial charge < -0.3 is 4.57 Å². The molecule has 0 fully saturated rings. The van der Waals surface area contributed by atoms with Crippen molar-refractivity contribution < 1.29 is 0 Å². The molecule has 2 aromatic rings. The van der Waals surface area contributed by atoms with E-state index in [1.165, 1.54) is 0 Å². The van der Waals surface area contributed by atoms with E-state index in [0.29, 0.717) is 4.77 Å². The molecule has 5 heteroatoms. The molecule has 0 spiro atoms. The van der Waals surface area contributed by atoms with Crippen LogP contribution in [0.1, 0.15) is 5.69 Å². The van der Waals surface area contributed by atoms with Gasteiger partial charge in [-0.3, -0.25) is 10.1 Å². The van der Waals surface area contributed by atoms with Crippen molar-refractivity contribution in [3.8, 4) is 0 Å². The van der Waals surface area contributed by atoms with Crippen molar-refractivity contribution in [2.75, 3.05) is 0 Å². The maximum absolute atomic E-state index is 5.03. The topological polar surface area (TPSA) is 46.5 Å². The second-order valence-corrected chi connectivity index (χ2v) is 3.31. The van der Waals surface area contributed by atoms with E-state index in [0.717, 1.165) is 18.7 Å². The molecule has 2 rings (SSSR count). The molecule has 0 amide bonds. The third-order valence-corrected chi connectivity index (χ3v) is 2.28. The predicted octanol–water partition coefficient (Wildman–Crippen LogP) is 1.58. The summed E-state index contributed by atoms with van der Waals surface area (Å²) >= 11 is 5.03. The van der Waals surface area contributed by atoms with Gasteiger partial charge in [0.25, 0.3) is 0 Å². The lowest BCUT2D eigenvalue weighted by Crippen LogP contribution is -2.01. The number of hydrogen-bond donors (Lipinski definition) is 1. The molecule has 0 saturated heterocycles. The Labute approximate surface area is 86.6 Å².